The lowest BCUT2D eigenvalue weighted by atomic mass is 10.4. The van der Waals surface area contributed by atoms with Gasteiger partial charge in [-0.05, 0) is 0 Å². The van der Waals surface area contributed by atoms with Crippen LogP contribution in [0.1, 0.15) is 5.69 Å². The number of rotatable bonds is 8. The van der Waals surface area contributed by atoms with Gasteiger partial charge in [-0.2, -0.15) is 0 Å². The van der Waals surface area contributed by atoms with Crippen molar-refractivity contribution < 1.29 is 9.47 Å². The van der Waals surface area contributed by atoms with Gasteiger partial charge in [0.2, 0.25) is 0 Å². The average Bonchev–Trinajstić information content (AvgIpc) is 2.63. The number of ether oxygens (including phenoxy) is 2. The van der Waals surface area contributed by atoms with Crippen molar-refractivity contribution in [1.82, 2.24) is 20.3 Å². The molecule has 0 atom stereocenters. The molecule has 1 heterocycles. The van der Waals surface area contributed by atoms with E-state index in [2.05, 4.69) is 15.6 Å². The first-order chi connectivity index (χ1) is 7.34. The number of aromatic nitrogens is 3. The molecule has 0 spiro atoms. The van der Waals surface area contributed by atoms with Gasteiger partial charge in [0.05, 0.1) is 31.7 Å². The van der Waals surface area contributed by atoms with Crippen molar-refractivity contribution in [3.8, 4) is 0 Å². The van der Waals surface area contributed by atoms with Gasteiger partial charge in [0, 0.05) is 27.2 Å². The van der Waals surface area contributed by atoms with E-state index in [9.17, 15) is 0 Å². The lowest BCUT2D eigenvalue weighted by Gasteiger charge is -2.05. The number of hydrogen-bond acceptors (Lipinski definition) is 5. The van der Waals surface area contributed by atoms with Gasteiger partial charge in [-0.1, -0.05) is 5.21 Å². The Labute approximate surface area is 89.6 Å². The van der Waals surface area contributed by atoms with Gasteiger partial charge in [-0.15, -0.1) is 5.10 Å². The van der Waals surface area contributed by atoms with Crippen LogP contribution in [0.2, 0.25) is 0 Å². The highest BCUT2D eigenvalue weighted by molar-refractivity contribution is 4.91. The summed E-state index contributed by atoms with van der Waals surface area (Å²) >= 11 is 0. The monoisotopic (exact) mass is 214 g/mol. The fourth-order valence-electron chi connectivity index (χ4n) is 1.08. The molecule has 0 bridgehead atoms. The molecule has 0 aliphatic heterocycles. The van der Waals surface area contributed by atoms with E-state index in [1.165, 1.54) is 0 Å². The molecule has 0 aromatic carbocycles. The summed E-state index contributed by atoms with van der Waals surface area (Å²) in [5.74, 6) is 0. The fraction of sp³-hybridized carbons (Fsp3) is 0.778. The van der Waals surface area contributed by atoms with Crippen molar-refractivity contribution in [2.75, 3.05) is 33.5 Å². The minimum absolute atomic E-state index is 0.644. The second kappa shape index (κ2) is 7.33. The Morgan fingerprint density at radius 1 is 1.40 bits per heavy atom. The number of hydrogen-bond donors (Lipinski definition) is 1. The van der Waals surface area contributed by atoms with Gasteiger partial charge in [-0.3, -0.25) is 4.68 Å². The van der Waals surface area contributed by atoms with Crippen LogP contribution in [0.5, 0.6) is 0 Å². The molecule has 0 aliphatic carbocycles. The normalized spacial score (nSPS) is 10.8. The van der Waals surface area contributed by atoms with Crippen molar-refractivity contribution >= 4 is 0 Å². The van der Waals surface area contributed by atoms with Crippen LogP contribution in [0, 0.1) is 0 Å². The van der Waals surface area contributed by atoms with Crippen molar-refractivity contribution in [3.63, 3.8) is 0 Å². The molecule has 0 radical (unpaired) electrons. The van der Waals surface area contributed by atoms with E-state index in [0.717, 1.165) is 18.8 Å². The Morgan fingerprint density at radius 2 is 2.27 bits per heavy atom. The number of aryl methyl sites for hydroxylation is 1. The largest absolute Gasteiger partial charge is 0.382 e. The summed E-state index contributed by atoms with van der Waals surface area (Å²) in [4.78, 5) is 0. The Balaban J connectivity index is 1.96. The van der Waals surface area contributed by atoms with E-state index in [-0.39, 0.29) is 0 Å². The van der Waals surface area contributed by atoms with E-state index in [0.29, 0.717) is 19.8 Å². The molecule has 6 heteroatoms. The molecule has 6 nitrogen and oxygen atoms in total. The number of nitrogens with zero attached hydrogens (tertiary/aromatic N) is 3. The summed E-state index contributed by atoms with van der Waals surface area (Å²) in [7, 11) is 3.54. The molecule has 1 rings (SSSR count). The van der Waals surface area contributed by atoms with E-state index in [1.54, 1.807) is 18.0 Å². The summed E-state index contributed by atoms with van der Waals surface area (Å²) in [6, 6.07) is 0. The van der Waals surface area contributed by atoms with Crippen molar-refractivity contribution in [1.29, 1.82) is 0 Å². The van der Waals surface area contributed by atoms with Crippen molar-refractivity contribution in [3.05, 3.63) is 11.9 Å². The maximum Gasteiger partial charge on any atom is 0.0738 e. The van der Waals surface area contributed by atoms with E-state index in [1.807, 2.05) is 7.05 Å². The summed E-state index contributed by atoms with van der Waals surface area (Å²) in [6.45, 7) is 3.55. The fourth-order valence-corrected chi connectivity index (χ4v) is 1.08. The van der Waals surface area contributed by atoms with Crippen molar-refractivity contribution in [2.45, 2.75) is 6.54 Å². The van der Waals surface area contributed by atoms with Crippen LogP contribution < -0.4 is 5.32 Å². The van der Waals surface area contributed by atoms with Crippen LogP contribution in [0.3, 0.4) is 0 Å². The van der Waals surface area contributed by atoms with E-state index in [4.69, 9.17) is 9.47 Å². The quantitative estimate of drug-likeness (QED) is 0.595. The zero-order valence-electron chi connectivity index (χ0n) is 9.27. The summed E-state index contributed by atoms with van der Waals surface area (Å²) < 4.78 is 11.9. The van der Waals surface area contributed by atoms with Crippen LogP contribution in [0.25, 0.3) is 0 Å². The molecule has 0 amide bonds. The minimum atomic E-state index is 0.644. The Bertz CT molecular complexity index is 264. The Kier molecular flexibility index (Phi) is 5.91. The molecule has 0 aliphatic rings. The zero-order valence-corrected chi connectivity index (χ0v) is 9.27. The van der Waals surface area contributed by atoms with Gasteiger partial charge in [0.25, 0.3) is 0 Å². The predicted octanol–water partition coefficient (Wildman–Crippen LogP) is -0.432. The van der Waals surface area contributed by atoms with Gasteiger partial charge >= 0.3 is 0 Å². The SMILES string of the molecule is COCCOCCNCc1cnnn1C. The molecule has 1 N–H and O–H groups in total. The smallest absolute Gasteiger partial charge is 0.0738 e. The Hall–Kier alpha value is -0.980. The topological polar surface area (TPSA) is 61.2 Å². The molecule has 0 unspecified atom stereocenters. The third-order valence-corrected chi connectivity index (χ3v) is 1.97. The molecule has 86 valence electrons. The first-order valence-electron chi connectivity index (χ1n) is 4.95. The number of methoxy groups -OCH3 is 1. The Morgan fingerprint density at radius 3 is 2.93 bits per heavy atom. The first-order valence-corrected chi connectivity index (χ1v) is 4.95. The maximum absolute atomic E-state index is 5.30. The highest BCUT2D eigenvalue weighted by Gasteiger charge is 1.97. The van der Waals surface area contributed by atoms with Crippen molar-refractivity contribution in [2.24, 2.45) is 7.05 Å². The van der Waals surface area contributed by atoms with Crippen LogP contribution in [-0.4, -0.2) is 48.5 Å². The number of nitrogens with one attached hydrogen (secondary N) is 1. The highest BCUT2D eigenvalue weighted by atomic mass is 16.5. The predicted molar refractivity (Wildman–Crippen MR) is 55.4 cm³/mol. The molecule has 1 aromatic heterocycles. The van der Waals surface area contributed by atoms with Gasteiger partial charge in [-0.25, -0.2) is 0 Å². The standard InChI is InChI=1S/C9H18N4O2/c1-13-9(8-11-12-13)7-10-3-4-15-6-5-14-2/h8,10H,3-7H2,1-2H3. The lowest BCUT2D eigenvalue weighted by Crippen LogP contribution is -2.21. The van der Waals surface area contributed by atoms with Crippen LogP contribution >= 0.6 is 0 Å². The summed E-state index contributed by atoms with van der Waals surface area (Å²) in [6.07, 6.45) is 1.75. The lowest BCUT2D eigenvalue weighted by molar-refractivity contribution is 0.0718. The molecular formula is C9H18N4O2. The second-order valence-electron chi connectivity index (χ2n) is 3.13. The van der Waals surface area contributed by atoms with E-state index < -0.39 is 0 Å². The first kappa shape index (κ1) is 12.1. The third-order valence-electron chi connectivity index (χ3n) is 1.97. The highest BCUT2D eigenvalue weighted by Crippen LogP contribution is 1.91. The maximum atomic E-state index is 5.30. The molecule has 1 aromatic rings. The molecule has 0 saturated heterocycles. The average molecular weight is 214 g/mol. The van der Waals surface area contributed by atoms with Gasteiger partial charge in [0.1, 0.15) is 0 Å². The van der Waals surface area contributed by atoms with Crippen LogP contribution in [-0.2, 0) is 23.1 Å². The zero-order chi connectivity index (χ0) is 10.9. The minimum Gasteiger partial charge on any atom is -0.382 e. The summed E-state index contributed by atoms with van der Waals surface area (Å²) in [5, 5.41) is 10.9. The molecule has 0 saturated carbocycles. The second-order valence-corrected chi connectivity index (χ2v) is 3.13. The third kappa shape index (κ3) is 4.87. The van der Waals surface area contributed by atoms with E-state index >= 15 is 0 Å². The summed E-state index contributed by atoms with van der Waals surface area (Å²) in [5.41, 5.74) is 1.06. The molecular weight excluding hydrogens is 196 g/mol. The molecule has 0 fully saturated rings. The van der Waals surface area contributed by atoms with Crippen LogP contribution in [0.4, 0.5) is 0 Å². The van der Waals surface area contributed by atoms with Gasteiger partial charge in [0.15, 0.2) is 0 Å². The molecule has 15 heavy (non-hydrogen) atoms. The van der Waals surface area contributed by atoms with Gasteiger partial charge < -0.3 is 14.8 Å². The van der Waals surface area contributed by atoms with Crippen LogP contribution in [0.15, 0.2) is 6.20 Å².